The Kier molecular flexibility index (Phi) is 3.79. The van der Waals surface area contributed by atoms with Crippen molar-refractivity contribution in [3.8, 4) is 6.07 Å². The molecule has 0 fully saturated rings. The summed E-state index contributed by atoms with van der Waals surface area (Å²) < 4.78 is 0. The molecule has 0 spiro atoms. The van der Waals surface area contributed by atoms with Gasteiger partial charge in [-0.25, -0.2) is 4.79 Å². The van der Waals surface area contributed by atoms with Gasteiger partial charge in [-0.1, -0.05) is 18.2 Å². The van der Waals surface area contributed by atoms with E-state index in [1.54, 1.807) is 36.4 Å². The van der Waals surface area contributed by atoms with Gasteiger partial charge in [-0.15, -0.1) is 0 Å². The lowest BCUT2D eigenvalue weighted by Gasteiger charge is -2.07. The topological polar surface area (TPSA) is 73.1 Å². The molecule has 0 unspecified atom stereocenters. The molecule has 0 saturated heterocycles. The summed E-state index contributed by atoms with van der Waals surface area (Å²) in [7, 11) is 0. The lowest BCUT2D eigenvalue weighted by molar-refractivity contribution is 0.0697. The molecule has 94 valence electrons. The van der Waals surface area contributed by atoms with Gasteiger partial charge in [0.25, 0.3) is 0 Å². The molecule has 2 aromatic rings. The molecule has 4 heteroatoms. The van der Waals surface area contributed by atoms with E-state index in [-0.39, 0.29) is 5.56 Å². The van der Waals surface area contributed by atoms with E-state index in [0.717, 1.165) is 11.3 Å². The second-order valence-electron chi connectivity index (χ2n) is 4.05. The van der Waals surface area contributed by atoms with E-state index in [4.69, 9.17) is 10.4 Å². The van der Waals surface area contributed by atoms with Gasteiger partial charge in [-0.2, -0.15) is 5.26 Å². The summed E-state index contributed by atoms with van der Waals surface area (Å²) in [5.74, 6) is -0.949. The Morgan fingerprint density at radius 3 is 2.74 bits per heavy atom. The maximum atomic E-state index is 10.8. The average molecular weight is 252 g/mol. The third-order valence-corrected chi connectivity index (χ3v) is 2.66. The van der Waals surface area contributed by atoms with Gasteiger partial charge in [0.1, 0.15) is 0 Å². The first kappa shape index (κ1) is 12.7. The summed E-state index contributed by atoms with van der Waals surface area (Å²) in [6.45, 7) is 0.540. The number of aromatic carboxylic acids is 1. The molecule has 0 saturated carbocycles. The van der Waals surface area contributed by atoms with E-state index in [9.17, 15) is 4.79 Å². The third kappa shape index (κ3) is 3.33. The van der Waals surface area contributed by atoms with Crippen molar-refractivity contribution < 1.29 is 9.90 Å². The number of nitriles is 1. The third-order valence-electron chi connectivity index (χ3n) is 2.66. The first-order valence-corrected chi connectivity index (χ1v) is 5.75. The largest absolute Gasteiger partial charge is 0.478 e. The number of carboxylic acid groups (broad SMARTS) is 1. The SMILES string of the molecule is N#Cc1cccc(CNc2cccc(C(=O)O)c2)c1. The zero-order chi connectivity index (χ0) is 13.7. The molecule has 0 aromatic heterocycles. The van der Waals surface area contributed by atoms with E-state index in [2.05, 4.69) is 11.4 Å². The monoisotopic (exact) mass is 252 g/mol. The quantitative estimate of drug-likeness (QED) is 0.877. The normalized spacial score (nSPS) is 9.63. The molecule has 0 amide bonds. The van der Waals surface area contributed by atoms with Crippen LogP contribution in [0.1, 0.15) is 21.5 Å². The molecule has 2 rings (SSSR count). The smallest absolute Gasteiger partial charge is 0.335 e. The number of benzene rings is 2. The molecule has 4 nitrogen and oxygen atoms in total. The standard InChI is InChI=1S/C15H12N2O2/c16-9-11-3-1-4-12(7-11)10-17-14-6-2-5-13(8-14)15(18)19/h1-8,17H,10H2,(H,18,19). The molecule has 0 radical (unpaired) electrons. The summed E-state index contributed by atoms with van der Waals surface area (Å²) >= 11 is 0. The summed E-state index contributed by atoms with van der Waals surface area (Å²) in [4.78, 5) is 10.8. The average Bonchev–Trinajstić information content (AvgIpc) is 2.45. The Morgan fingerprint density at radius 2 is 2.00 bits per heavy atom. The van der Waals surface area contributed by atoms with E-state index in [1.165, 1.54) is 0 Å². The summed E-state index contributed by atoms with van der Waals surface area (Å²) in [5.41, 5.74) is 2.57. The van der Waals surface area contributed by atoms with E-state index in [0.29, 0.717) is 12.1 Å². The molecule has 0 heterocycles. The maximum absolute atomic E-state index is 10.8. The van der Waals surface area contributed by atoms with Crippen LogP contribution in [0.15, 0.2) is 48.5 Å². The summed E-state index contributed by atoms with van der Waals surface area (Å²) in [6, 6.07) is 16.0. The zero-order valence-electron chi connectivity index (χ0n) is 10.1. The Labute approximate surface area is 110 Å². The molecular formula is C15H12N2O2. The van der Waals surface area contributed by atoms with Crippen molar-refractivity contribution in [3.63, 3.8) is 0 Å². The molecule has 0 atom stereocenters. The molecule has 0 aliphatic carbocycles. The van der Waals surface area contributed by atoms with Crippen LogP contribution in [0.4, 0.5) is 5.69 Å². The van der Waals surface area contributed by atoms with Crippen molar-refractivity contribution in [3.05, 3.63) is 65.2 Å². The number of nitrogens with one attached hydrogen (secondary N) is 1. The predicted molar refractivity (Wildman–Crippen MR) is 71.9 cm³/mol. The first-order chi connectivity index (χ1) is 9.19. The number of anilines is 1. The van der Waals surface area contributed by atoms with Crippen LogP contribution in [-0.2, 0) is 6.54 Å². The van der Waals surface area contributed by atoms with Crippen molar-refractivity contribution in [2.45, 2.75) is 6.54 Å². The van der Waals surface area contributed by atoms with Crippen molar-refractivity contribution in [1.29, 1.82) is 5.26 Å². The second-order valence-corrected chi connectivity index (χ2v) is 4.05. The summed E-state index contributed by atoms with van der Waals surface area (Å²) in [5, 5.41) is 20.8. The maximum Gasteiger partial charge on any atom is 0.335 e. The minimum Gasteiger partial charge on any atom is -0.478 e. The van der Waals surface area contributed by atoms with Gasteiger partial charge in [0.2, 0.25) is 0 Å². The highest BCUT2D eigenvalue weighted by Crippen LogP contribution is 2.13. The fraction of sp³-hybridized carbons (Fsp3) is 0.0667. The van der Waals surface area contributed by atoms with Crippen molar-refractivity contribution in [2.75, 3.05) is 5.32 Å². The van der Waals surface area contributed by atoms with Crippen LogP contribution >= 0.6 is 0 Å². The van der Waals surface area contributed by atoms with Crippen LogP contribution in [0.2, 0.25) is 0 Å². The van der Waals surface area contributed by atoms with Gasteiger partial charge >= 0.3 is 5.97 Å². The Hall–Kier alpha value is -2.80. The van der Waals surface area contributed by atoms with Crippen LogP contribution < -0.4 is 5.32 Å². The number of hydrogen-bond donors (Lipinski definition) is 2. The highest BCUT2D eigenvalue weighted by atomic mass is 16.4. The predicted octanol–water partition coefficient (Wildman–Crippen LogP) is 2.87. The van der Waals surface area contributed by atoms with Gasteiger partial charge in [0, 0.05) is 12.2 Å². The molecule has 0 aliphatic rings. The molecule has 0 aliphatic heterocycles. The van der Waals surface area contributed by atoms with Crippen molar-refractivity contribution >= 4 is 11.7 Å². The molecule has 2 N–H and O–H groups in total. The summed E-state index contributed by atoms with van der Waals surface area (Å²) in [6.07, 6.45) is 0. The number of nitrogens with zero attached hydrogens (tertiary/aromatic N) is 1. The van der Waals surface area contributed by atoms with E-state index >= 15 is 0 Å². The van der Waals surface area contributed by atoms with E-state index < -0.39 is 5.97 Å². The molecule has 19 heavy (non-hydrogen) atoms. The molecule has 0 bridgehead atoms. The van der Waals surface area contributed by atoms with E-state index in [1.807, 2.05) is 12.1 Å². The van der Waals surface area contributed by atoms with Crippen LogP contribution in [0.25, 0.3) is 0 Å². The van der Waals surface area contributed by atoms with Gasteiger partial charge in [0.05, 0.1) is 17.2 Å². The Balaban J connectivity index is 2.08. The first-order valence-electron chi connectivity index (χ1n) is 5.75. The fourth-order valence-corrected chi connectivity index (χ4v) is 1.72. The molecular weight excluding hydrogens is 240 g/mol. The van der Waals surface area contributed by atoms with Crippen LogP contribution in [0.5, 0.6) is 0 Å². The van der Waals surface area contributed by atoms with Gasteiger partial charge in [-0.05, 0) is 35.9 Å². The Bertz CT molecular complexity index is 645. The van der Waals surface area contributed by atoms with Crippen molar-refractivity contribution in [1.82, 2.24) is 0 Å². The van der Waals surface area contributed by atoms with Crippen LogP contribution in [0.3, 0.4) is 0 Å². The highest BCUT2D eigenvalue weighted by Gasteiger charge is 2.03. The van der Waals surface area contributed by atoms with Crippen LogP contribution in [0, 0.1) is 11.3 Å². The highest BCUT2D eigenvalue weighted by molar-refractivity contribution is 5.88. The number of rotatable bonds is 4. The van der Waals surface area contributed by atoms with Crippen molar-refractivity contribution in [2.24, 2.45) is 0 Å². The molecule has 2 aromatic carbocycles. The lowest BCUT2D eigenvalue weighted by atomic mass is 10.1. The Morgan fingerprint density at radius 1 is 1.21 bits per heavy atom. The second kappa shape index (κ2) is 5.69. The minimum atomic E-state index is -0.949. The van der Waals surface area contributed by atoms with Gasteiger partial charge in [-0.3, -0.25) is 0 Å². The van der Waals surface area contributed by atoms with Crippen LogP contribution in [-0.4, -0.2) is 11.1 Å². The zero-order valence-corrected chi connectivity index (χ0v) is 10.1. The van der Waals surface area contributed by atoms with Gasteiger partial charge < -0.3 is 10.4 Å². The number of carboxylic acids is 1. The number of carbonyl (C=O) groups is 1. The minimum absolute atomic E-state index is 0.246. The number of hydrogen-bond acceptors (Lipinski definition) is 3. The fourth-order valence-electron chi connectivity index (χ4n) is 1.72. The lowest BCUT2D eigenvalue weighted by Crippen LogP contribution is -2.02. The van der Waals surface area contributed by atoms with Gasteiger partial charge in [0.15, 0.2) is 0 Å².